The summed E-state index contributed by atoms with van der Waals surface area (Å²) < 4.78 is 32.1. The monoisotopic (exact) mass is 358 g/mol. The Morgan fingerprint density at radius 3 is 2.60 bits per heavy atom. The third-order valence-electron chi connectivity index (χ3n) is 4.42. The Morgan fingerprint density at radius 1 is 1.20 bits per heavy atom. The summed E-state index contributed by atoms with van der Waals surface area (Å²) in [6, 6.07) is 0. The molecule has 0 bridgehead atoms. The second-order valence-corrected chi connectivity index (χ2v) is 6.80. The van der Waals surface area contributed by atoms with Gasteiger partial charge in [-0.05, 0) is 20.3 Å². The summed E-state index contributed by atoms with van der Waals surface area (Å²) in [6.45, 7) is 6.41. The molecule has 3 saturated heterocycles. The Bertz CT molecular complexity index is 572. The van der Waals surface area contributed by atoms with Crippen LogP contribution < -0.4 is 0 Å². The predicted molar refractivity (Wildman–Crippen MR) is 78.9 cm³/mol. The van der Waals surface area contributed by atoms with Gasteiger partial charge in [-0.25, -0.2) is 9.59 Å². The van der Waals surface area contributed by atoms with Crippen LogP contribution in [0.25, 0.3) is 0 Å². The zero-order chi connectivity index (χ0) is 18.4. The van der Waals surface area contributed by atoms with Crippen LogP contribution in [0.5, 0.6) is 0 Å². The van der Waals surface area contributed by atoms with E-state index < -0.39 is 61.0 Å². The van der Waals surface area contributed by atoms with Gasteiger partial charge in [0.2, 0.25) is 6.10 Å². The predicted octanol–water partition coefficient (Wildman–Crippen LogP) is 0.289. The van der Waals surface area contributed by atoms with E-state index in [9.17, 15) is 14.4 Å². The van der Waals surface area contributed by atoms with Crippen molar-refractivity contribution in [1.29, 1.82) is 0 Å². The normalized spacial score (nSPS) is 36.3. The molecule has 140 valence electrons. The molecule has 0 aromatic carbocycles. The lowest BCUT2D eigenvalue weighted by molar-refractivity contribution is -0.217. The molecule has 0 aromatic heterocycles. The number of fused-ring (bicyclic) bond motifs is 3. The number of carbonyl (C=O) groups is 3. The number of esters is 3. The Morgan fingerprint density at radius 2 is 1.92 bits per heavy atom. The van der Waals surface area contributed by atoms with Crippen LogP contribution >= 0.6 is 0 Å². The highest BCUT2D eigenvalue weighted by Gasteiger charge is 2.64. The molecular formula is C16H22O9. The summed E-state index contributed by atoms with van der Waals surface area (Å²) in [6.07, 6.45) is -3.42. The molecule has 0 spiro atoms. The Balaban J connectivity index is 1.55. The number of carbonyl (C=O) groups excluding carboxylic acids is 3. The van der Waals surface area contributed by atoms with Crippen LogP contribution in [0.3, 0.4) is 0 Å². The van der Waals surface area contributed by atoms with E-state index in [0.29, 0.717) is 6.42 Å². The minimum Gasteiger partial charge on any atom is -0.454 e. The first-order valence-electron chi connectivity index (χ1n) is 8.29. The maximum absolute atomic E-state index is 12.0. The van der Waals surface area contributed by atoms with Gasteiger partial charge in [0.05, 0.1) is 5.92 Å². The molecule has 25 heavy (non-hydrogen) atoms. The van der Waals surface area contributed by atoms with Gasteiger partial charge in [0.1, 0.15) is 6.10 Å². The van der Waals surface area contributed by atoms with Crippen LogP contribution in [0.4, 0.5) is 0 Å². The lowest BCUT2D eigenvalue weighted by Crippen LogP contribution is -2.38. The maximum Gasteiger partial charge on any atom is 0.350 e. The van der Waals surface area contributed by atoms with Crippen molar-refractivity contribution in [2.45, 2.75) is 70.6 Å². The van der Waals surface area contributed by atoms with Gasteiger partial charge >= 0.3 is 17.9 Å². The van der Waals surface area contributed by atoms with Gasteiger partial charge in [-0.3, -0.25) is 4.79 Å². The number of rotatable bonds is 5. The first kappa shape index (κ1) is 18.1. The summed E-state index contributed by atoms with van der Waals surface area (Å²) in [4.78, 5) is 35.4. The number of hydrogen-bond acceptors (Lipinski definition) is 9. The van der Waals surface area contributed by atoms with Crippen molar-refractivity contribution < 1.29 is 42.8 Å². The lowest BCUT2D eigenvalue weighted by Gasteiger charge is -2.21. The zero-order valence-electron chi connectivity index (χ0n) is 14.6. The van der Waals surface area contributed by atoms with Gasteiger partial charge in [-0.2, -0.15) is 0 Å². The third-order valence-corrected chi connectivity index (χ3v) is 4.42. The van der Waals surface area contributed by atoms with E-state index in [1.165, 1.54) is 0 Å². The first-order chi connectivity index (χ1) is 11.7. The van der Waals surface area contributed by atoms with Crippen LogP contribution in [-0.2, 0) is 42.8 Å². The average Bonchev–Trinajstić information content (AvgIpc) is 3.12. The quantitative estimate of drug-likeness (QED) is 0.506. The van der Waals surface area contributed by atoms with Gasteiger partial charge in [0.15, 0.2) is 30.9 Å². The molecule has 3 aliphatic heterocycles. The molecule has 9 nitrogen and oxygen atoms in total. The topological polar surface area (TPSA) is 107 Å². The molecule has 3 rings (SSSR count). The largest absolute Gasteiger partial charge is 0.454 e. The SMILES string of the molecule is CCC(C)C(=O)OCC(=O)OC1C(=O)OC2C3OC(C)(C)OC3OC12. The van der Waals surface area contributed by atoms with Crippen LogP contribution in [0.2, 0.25) is 0 Å². The van der Waals surface area contributed by atoms with Crippen molar-refractivity contribution in [1.82, 2.24) is 0 Å². The summed E-state index contributed by atoms with van der Waals surface area (Å²) >= 11 is 0. The minimum absolute atomic E-state index is 0.316. The van der Waals surface area contributed by atoms with E-state index in [1.54, 1.807) is 20.8 Å². The molecule has 0 N–H and O–H groups in total. The molecule has 6 atom stereocenters. The standard InChI is InChI=1S/C16H22O9/c1-5-7(2)13(18)20-6-8(17)21-11-9-10(22-14(11)19)12-15(23-9)25-16(3,4)24-12/h7,9-12,15H,5-6H2,1-4H3. The van der Waals surface area contributed by atoms with Crippen molar-refractivity contribution in [3.05, 3.63) is 0 Å². The van der Waals surface area contributed by atoms with E-state index in [1.807, 2.05) is 6.92 Å². The van der Waals surface area contributed by atoms with Crippen LogP contribution in [0.1, 0.15) is 34.1 Å². The maximum atomic E-state index is 12.0. The number of hydrogen-bond donors (Lipinski definition) is 0. The fourth-order valence-corrected chi connectivity index (χ4v) is 2.95. The molecule has 0 aliphatic carbocycles. The number of ether oxygens (including phenoxy) is 6. The van der Waals surface area contributed by atoms with Crippen molar-refractivity contribution in [3.63, 3.8) is 0 Å². The fourth-order valence-electron chi connectivity index (χ4n) is 2.95. The highest BCUT2D eigenvalue weighted by Crippen LogP contribution is 2.42. The van der Waals surface area contributed by atoms with E-state index in [4.69, 9.17) is 28.4 Å². The average molecular weight is 358 g/mol. The Kier molecular flexibility index (Phi) is 4.74. The van der Waals surface area contributed by atoms with Crippen molar-refractivity contribution in [2.75, 3.05) is 6.61 Å². The summed E-state index contributed by atoms with van der Waals surface area (Å²) in [5, 5.41) is 0. The van der Waals surface area contributed by atoms with E-state index in [2.05, 4.69) is 0 Å². The van der Waals surface area contributed by atoms with Crippen molar-refractivity contribution in [2.24, 2.45) is 5.92 Å². The Hall–Kier alpha value is -1.71. The second kappa shape index (κ2) is 6.54. The van der Waals surface area contributed by atoms with E-state index >= 15 is 0 Å². The molecule has 3 fully saturated rings. The molecule has 0 amide bonds. The first-order valence-corrected chi connectivity index (χ1v) is 8.29. The fraction of sp³-hybridized carbons (Fsp3) is 0.812. The molecule has 6 unspecified atom stereocenters. The van der Waals surface area contributed by atoms with Crippen LogP contribution in [0.15, 0.2) is 0 Å². The zero-order valence-corrected chi connectivity index (χ0v) is 14.6. The van der Waals surface area contributed by atoms with E-state index in [-0.39, 0.29) is 5.92 Å². The highest BCUT2D eigenvalue weighted by molar-refractivity contribution is 5.83. The van der Waals surface area contributed by atoms with Crippen LogP contribution in [0, 0.1) is 5.92 Å². The molecule has 9 heteroatoms. The minimum atomic E-state index is -1.24. The lowest BCUT2D eigenvalue weighted by atomic mass is 10.1. The second-order valence-electron chi connectivity index (χ2n) is 6.80. The van der Waals surface area contributed by atoms with Crippen molar-refractivity contribution in [3.8, 4) is 0 Å². The van der Waals surface area contributed by atoms with Gasteiger partial charge < -0.3 is 28.4 Å². The molecule has 0 radical (unpaired) electrons. The summed E-state index contributed by atoms with van der Waals surface area (Å²) in [7, 11) is 0. The molecule has 0 aromatic rings. The van der Waals surface area contributed by atoms with Crippen LogP contribution in [-0.4, -0.2) is 61.0 Å². The molecule has 0 saturated carbocycles. The van der Waals surface area contributed by atoms with Gasteiger partial charge in [-0.1, -0.05) is 13.8 Å². The van der Waals surface area contributed by atoms with Crippen molar-refractivity contribution >= 4 is 17.9 Å². The van der Waals surface area contributed by atoms with Gasteiger partial charge in [-0.15, -0.1) is 0 Å². The van der Waals surface area contributed by atoms with Gasteiger partial charge in [0.25, 0.3) is 0 Å². The smallest absolute Gasteiger partial charge is 0.350 e. The summed E-state index contributed by atoms with van der Waals surface area (Å²) in [5.41, 5.74) is 0. The third kappa shape index (κ3) is 3.49. The van der Waals surface area contributed by atoms with Gasteiger partial charge in [0, 0.05) is 0 Å². The van der Waals surface area contributed by atoms with E-state index in [0.717, 1.165) is 0 Å². The molecule has 3 aliphatic rings. The molecule has 3 heterocycles. The summed E-state index contributed by atoms with van der Waals surface area (Å²) in [5.74, 6) is -3.22. The Labute approximate surface area is 144 Å². The molecular weight excluding hydrogens is 336 g/mol. The highest BCUT2D eigenvalue weighted by atomic mass is 16.9.